The summed E-state index contributed by atoms with van der Waals surface area (Å²) in [6, 6.07) is 2.56. The zero-order valence-corrected chi connectivity index (χ0v) is 8.93. The molecule has 0 amide bonds. The van der Waals surface area contributed by atoms with Gasteiger partial charge in [-0.3, -0.25) is 0 Å². The van der Waals surface area contributed by atoms with E-state index >= 15 is 0 Å². The second-order valence-corrected chi connectivity index (χ2v) is 4.31. The van der Waals surface area contributed by atoms with Crippen molar-refractivity contribution in [1.82, 2.24) is 15.0 Å². The summed E-state index contributed by atoms with van der Waals surface area (Å²) in [7, 11) is 0. The molecule has 0 aliphatic heterocycles. The summed E-state index contributed by atoms with van der Waals surface area (Å²) in [6.07, 6.45) is 2.22. The smallest absolute Gasteiger partial charge is 0.340 e. The Morgan fingerprint density at radius 2 is 2.29 bits per heavy atom. The Morgan fingerprint density at radius 3 is 2.94 bits per heavy atom. The Kier molecular flexibility index (Phi) is 2.10. The Hall–Kier alpha value is -1.98. The van der Waals surface area contributed by atoms with Crippen molar-refractivity contribution in [2.75, 3.05) is 0 Å². The number of aromatic nitrogens is 3. The zero-order chi connectivity index (χ0) is 12.0. The number of carboxylic acid groups (broad SMARTS) is 1. The molecule has 5 nitrogen and oxygen atoms in total. The fourth-order valence-corrected chi connectivity index (χ4v) is 1.92. The summed E-state index contributed by atoms with van der Waals surface area (Å²) in [4.78, 5) is 11.1. The van der Waals surface area contributed by atoms with Gasteiger partial charge in [-0.15, -0.1) is 5.10 Å². The molecule has 1 fully saturated rings. The first-order chi connectivity index (χ1) is 8.16. The molecule has 6 heteroatoms. The van der Waals surface area contributed by atoms with Gasteiger partial charge in [-0.05, 0) is 30.9 Å². The van der Waals surface area contributed by atoms with Crippen LogP contribution in [0.4, 0.5) is 4.39 Å². The van der Waals surface area contributed by atoms with Gasteiger partial charge in [0.2, 0.25) is 0 Å². The lowest BCUT2D eigenvalue weighted by atomic mass is 10.1. The van der Waals surface area contributed by atoms with Crippen LogP contribution in [0, 0.1) is 11.7 Å². The maximum absolute atomic E-state index is 13.5. The van der Waals surface area contributed by atoms with Gasteiger partial charge in [0.15, 0.2) is 0 Å². The number of hydrogen-bond acceptors (Lipinski definition) is 3. The number of carbonyl (C=O) groups is 1. The van der Waals surface area contributed by atoms with Gasteiger partial charge in [0.05, 0.1) is 0 Å². The fraction of sp³-hybridized carbons (Fsp3) is 0.364. The van der Waals surface area contributed by atoms with E-state index < -0.39 is 11.8 Å². The summed E-state index contributed by atoms with van der Waals surface area (Å²) < 4.78 is 15.0. The van der Waals surface area contributed by atoms with Crippen molar-refractivity contribution < 1.29 is 14.3 Å². The Morgan fingerprint density at radius 1 is 1.53 bits per heavy atom. The van der Waals surface area contributed by atoms with E-state index in [1.165, 1.54) is 10.7 Å². The zero-order valence-electron chi connectivity index (χ0n) is 8.93. The van der Waals surface area contributed by atoms with Crippen LogP contribution in [0.1, 0.15) is 23.2 Å². The number of hydrogen-bond donors (Lipinski definition) is 1. The highest BCUT2D eigenvalue weighted by Crippen LogP contribution is 2.32. The molecule has 2 aromatic rings. The maximum Gasteiger partial charge on any atom is 0.340 e. The van der Waals surface area contributed by atoms with Crippen molar-refractivity contribution >= 4 is 17.0 Å². The first-order valence-corrected chi connectivity index (χ1v) is 5.42. The summed E-state index contributed by atoms with van der Waals surface area (Å²) in [5, 5.41) is 16.8. The van der Waals surface area contributed by atoms with Gasteiger partial charge >= 0.3 is 5.97 Å². The van der Waals surface area contributed by atoms with E-state index in [1.54, 1.807) is 0 Å². The molecule has 0 atom stereocenters. The van der Waals surface area contributed by atoms with Crippen LogP contribution in [-0.4, -0.2) is 26.1 Å². The third-order valence-corrected chi connectivity index (χ3v) is 2.97. The molecule has 1 aromatic carbocycles. The molecule has 1 aromatic heterocycles. The van der Waals surface area contributed by atoms with E-state index in [9.17, 15) is 9.18 Å². The lowest BCUT2D eigenvalue weighted by molar-refractivity contribution is 0.0693. The number of rotatable bonds is 3. The average molecular weight is 235 g/mol. The summed E-state index contributed by atoms with van der Waals surface area (Å²) >= 11 is 0. The van der Waals surface area contributed by atoms with Crippen LogP contribution in [0.2, 0.25) is 0 Å². The third-order valence-electron chi connectivity index (χ3n) is 2.97. The molecule has 3 rings (SSSR count). The minimum Gasteiger partial charge on any atom is -0.478 e. The van der Waals surface area contributed by atoms with Crippen molar-refractivity contribution in [2.24, 2.45) is 5.92 Å². The number of fused-ring (bicyclic) bond motifs is 1. The van der Waals surface area contributed by atoms with Gasteiger partial charge in [0.1, 0.15) is 22.4 Å². The van der Waals surface area contributed by atoms with Crippen LogP contribution >= 0.6 is 0 Å². The Labute approximate surface area is 95.8 Å². The highest BCUT2D eigenvalue weighted by Gasteiger charge is 2.26. The fourth-order valence-electron chi connectivity index (χ4n) is 1.92. The average Bonchev–Trinajstić information content (AvgIpc) is 3.00. The van der Waals surface area contributed by atoms with Crippen LogP contribution in [0.3, 0.4) is 0 Å². The van der Waals surface area contributed by atoms with Crippen LogP contribution in [-0.2, 0) is 6.54 Å². The maximum atomic E-state index is 13.5. The molecule has 0 radical (unpaired) electrons. The molecule has 1 aliphatic carbocycles. The van der Waals surface area contributed by atoms with Crippen LogP contribution in [0.5, 0.6) is 0 Å². The standard InChI is InChI=1S/C11H10FN3O2/c12-7-3-4-8-10(9(7)11(16)17)15(14-13-8)5-6-1-2-6/h3-4,6H,1-2,5H2,(H,16,17). The topological polar surface area (TPSA) is 68.0 Å². The van der Waals surface area contributed by atoms with E-state index in [1.807, 2.05) is 0 Å². The number of carboxylic acids is 1. The third kappa shape index (κ3) is 1.65. The molecule has 1 heterocycles. The van der Waals surface area contributed by atoms with Crippen molar-refractivity contribution in [1.29, 1.82) is 0 Å². The minimum atomic E-state index is -1.28. The van der Waals surface area contributed by atoms with Gasteiger partial charge in [0.25, 0.3) is 0 Å². The molecule has 0 saturated heterocycles. The lowest BCUT2D eigenvalue weighted by Crippen LogP contribution is -2.08. The van der Waals surface area contributed by atoms with Gasteiger partial charge in [-0.25, -0.2) is 13.9 Å². The monoisotopic (exact) mass is 235 g/mol. The van der Waals surface area contributed by atoms with Crippen molar-refractivity contribution in [3.8, 4) is 0 Å². The van der Waals surface area contributed by atoms with Gasteiger partial charge in [-0.2, -0.15) is 0 Å². The van der Waals surface area contributed by atoms with Gasteiger partial charge < -0.3 is 5.11 Å². The summed E-state index contributed by atoms with van der Waals surface area (Å²) in [6.45, 7) is 0.611. The molecular weight excluding hydrogens is 225 g/mol. The second-order valence-electron chi connectivity index (χ2n) is 4.31. The van der Waals surface area contributed by atoms with Crippen molar-refractivity contribution in [3.63, 3.8) is 0 Å². The van der Waals surface area contributed by atoms with Crippen molar-refractivity contribution in [3.05, 3.63) is 23.5 Å². The quantitative estimate of drug-likeness (QED) is 0.878. The first-order valence-electron chi connectivity index (χ1n) is 5.42. The highest BCUT2D eigenvalue weighted by molar-refractivity contribution is 6.01. The molecule has 1 aliphatic rings. The molecule has 0 bridgehead atoms. The van der Waals surface area contributed by atoms with E-state index in [2.05, 4.69) is 10.3 Å². The lowest BCUT2D eigenvalue weighted by Gasteiger charge is -2.03. The van der Waals surface area contributed by atoms with Crippen LogP contribution in [0.25, 0.3) is 11.0 Å². The first kappa shape index (κ1) is 10.2. The SMILES string of the molecule is O=C(O)c1c(F)ccc2nnn(CC3CC3)c12. The predicted molar refractivity (Wildman–Crippen MR) is 57.2 cm³/mol. The highest BCUT2D eigenvalue weighted by atomic mass is 19.1. The normalized spacial score (nSPS) is 15.4. The largest absolute Gasteiger partial charge is 0.478 e. The number of benzene rings is 1. The molecule has 17 heavy (non-hydrogen) atoms. The van der Waals surface area contributed by atoms with Gasteiger partial charge in [-0.1, -0.05) is 5.21 Å². The Balaban J connectivity index is 2.22. The van der Waals surface area contributed by atoms with Crippen LogP contribution in [0.15, 0.2) is 12.1 Å². The van der Waals surface area contributed by atoms with E-state index in [0.29, 0.717) is 18.0 Å². The number of nitrogens with zero attached hydrogens (tertiary/aromatic N) is 3. The van der Waals surface area contributed by atoms with Gasteiger partial charge in [0, 0.05) is 6.54 Å². The molecule has 1 saturated carbocycles. The summed E-state index contributed by atoms with van der Waals surface area (Å²) in [5.74, 6) is -1.51. The number of halogens is 1. The molecule has 88 valence electrons. The van der Waals surface area contributed by atoms with E-state index in [0.717, 1.165) is 18.9 Å². The van der Waals surface area contributed by atoms with E-state index in [4.69, 9.17) is 5.11 Å². The Bertz CT molecular complexity index is 604. The minimum absolute atomic E-state index is 0.282. The molecule has 0 unspecified atom stereocenters. The molecule has 1 N–H and O–H groups in total. The second kappa shape index (κ2) is 3.51. The van der Waals surface area contributed by atoms with E-state index in [-0.39, 0.29) is 11.1 Å². The van der Waals surface area contributed by atoms with Crippen molar-refractivity contribution in [2.45, 2.75) is 19.4 Å². The predicted octanol–water partition coefficient (Wildman–Crippen LogP) is 1.68. The van der Waals surface area contributed by atoms with Crippen LogP contribution < -0.4 is 0 Å². The number of aromatic carboxylic acids is 1. The molecular formula is C11H10FN3O2. The molecule has 0 spiro atoms. The summed E-state index contributed by atoms with van der Waals surface area (Å²) in [5.41, 5.74) is 0.363.